The van der Waals surface area contributed by atoms with Gasteiger partial charge in [-0.1, -0.05) is 50.2 Å². The van der Waals surface area contributed by atoms with Crippen molar-refractivity contribution in [1.29, 1.82) is 0 Å². The Morgan fingerprint density at radius 2 is 1.79 bits per heavy atom. The largest absolute Gasteiger partial charge is 0.451 e. The smallest absolute Gasteiger partial charge is 0.292 e. The minimum Gasteiger partial charge on any atom is -0.451 e. The van der Waals surface area contributed by atoms with Crippen molar-refractivity contribution >= 4 is 22.7 Å². The SMILES string of the molecule is CC(C)c1ccc(-c2nonc2NC(=O)c2cc(=O)c3ccccc3o2)cc1. The van der Waals surface area contributed by atoms with Crippen LogP contribution in [0.1, 0.15) is 35.9 Å². The zero-order valence-electron chi connectivity index (χ0n) is 15.3. The maximum atomic E-state index is 12.6. The van der Waals surface area contributed by atoms with Crippen LogP contribution in [0.4, 0.5) is 5.82 Å². The monoisotopic (exact) mass is 375 g/mol. The normalized spacial score (nSPS) is 11.1. The molecule has 28 heavy (non-hydrogen) atoms. The molecule has 0 saturated carbocycles. The van der Waals surface area contributed by atoms with Gasteiger partial charge in [-0.3, -0.25) is 14.9 Å². The summed E-state index contributed by atoms with van der Waals surface area (Å²) in [4.78, 5) is 24.8. The van der Waals surface area contributed by atoms with Crippen molar-refractivity contribution in [3.63, 3.8) is 0 Å². The first-order valence-electron chi connectivity index (χ1n) is 8.80. The van der Waals surface area contributed by atoms with Gasteiger partial charge in [0.05, 0.1) is 5.39 Å². The van der Waals surface area contributed by atoms with Crippen LogP contribution in [0.25, 0.3) is 22.2 Å². The van der Waals surface area contributed by atoms with E-state index in [0.29, 0.717) is 22.6 Å². The summed E-state index contributed by atoms with van der Waals surface area (Å²) in [5, 5.41) is 10.7. The molecule has 0 atom stereocenters. The van der Waals surface area contributed by atoms with Gasteiger partial charge >= 0.3 is 0 Å². The molecule has 1 amide bonds. The van der Waals surface area contributed by atoms with Crippen LogP contribution < -0.4 is 10.7 Å². The minimum atomic E-state index is -0.612. The quantitative estimate of drug-likeness (QED) is 0.573. The molecular formula is C21H17N3O4. The number of amides is 1. The van der Waals surface area contributed by atoms with Crippen LogP contribution in [0.5, 0.6) is 0 Å². The highest BCUT2D eigenvalue weighted by Gasteiger charge is 2.19. The molecule has 0 aliphatic heterocycles. The average molecular weight is 375 g/mol. The van der Waals surface area contributed by atoms with E-state index >= 15 is 0 Å². The lowest BCUT2D eigenvalue weighted by atomic mass is 10.0. The number of carbonyl (C=O) groups excluding carboxylic acids is 1. The summed E-state index contributed by atoms with van der Waals surface area (Å²) in [5.41, 5.74) is 2.37. The second-order valence-corrected chi connectivity index (χ2v) is 6.66. The fourth-order valence-corrected chi connectivity index (χ4v) is 2.87. The molecule has 4 aromatic rings. The average Bonchev–Trinajstić information content (AvgIpc) is 3.16. The lowest BCUT2D eigenvalue weighted by Crippen LogP contribution is -2.15. The summed E-state index contributed by atoms with van der Waals surface area (Å²) in [7, 11) is 0. The van der Waals surface area contributed by atoms with Crippen molar-refractivity contribution < 1.29 is 13.8 Å². The summed E-state index contributed by atoms with van der Waals surface area (Å²) >= 11 is 0. The zero-order chi connectivity index (χ0) is 19.7. The number of anilines is 1. The predicted octanol–water partition coefficient (Wildman–Crippen LogP) is 4.22. The number of carbonyl (C=O) groups is 1. The van der Waals surface area contributed by atoms with E-state index in [1.165, 1.54) is 5.56 Å². The van der Waals surface area contributed by atoms with Gasteiger partial charge < -0.3 is 4.42 Å². The number of hydrogen-bond acceptors (Lipinski definition) is 6. The van der Waals surface area contributed by atoms with Crippen LogP contribution in [0.15, 0.2) is 68.4 Å². The van der Waals surface area contributed by atoms with Gasteiger partial charge in [0.1, 0.15) is 5.58 Å². The van der Waals surface area contributed by atoms with Gasteiger partial charge in [-0.05, 0) is 33.9 Å². The highest BCUT2D eigenvalue weighted by Crippen LogP contribution is 2.26. The highest BCUT2D eigenvalue weighted by molar-refractivity contribution is 6.03. The molecular weight excluding hydrogens is 358 g/mol. The van der Waals surface area contributed by atoms with Crippen molar-refractivity contribution in [1.82, 2.24) is 10.3 Å². The molecule has 140 valence electrons. The Kier molecular flexibility index (Phi) is 4.49. The topological polar surface area (TPSA) is 98.2 Å². The molecule has 2 aromatic heterocycles. The summed E-state index contributed by atoms with van der Waals surface area (Å²) < 4.78 is 10.4. The first-order valence-corrected chi connectivity index (χ1v) is 8.80. The number of fused-ring (bicyclic) bond motifs is 1. The van der Waals surface area contributed by atoms with Crippen molar-refractivity contribution in [2.45, 2.75) is 19.8 Å². The van der Waals surface area contributed by atoms with Crippen molar-refractivity contribution in [2.75, 3.05) is 5.32 Å². The number of para-hydroxylation sites is 1. The van der Waals surface area contributed by atoms with E-state index in [2.05, 4.69) is 29.5 Å². The fraction of sp³-hybridized carbons (Fsp3) is 0.143. The molecule has 0 aliphatic rings. The second kappa shape index (κ2) is 7.11. The van der Waals surface area contributed by atoms with E-state index < -0.39 is 5.91 Å². The van der Waals surface area contributed by atoms with E-state index in [1.807, 2.05) is 24.3 Å². The van der Waals surface area contributed by atoms with Gasteiger partial charge in [-0.2, -0.15) is 0 Å². The second-order valence-electron chi connectivity index (χ2n) is 6.66. The Hall–Kier alpha value is -3.74. The van der Waals surface area contributed by atoms with E-state index in [4.69, 9.17) is 9.05 Å². The van der Waals surface area contributed by atoms with Gasteiger partial charge in [0.15, 0.2) is 16.9 Å². The van der Waals surface area contributed by atoms with Crippen LogP contribution in [-0.2, 0) is 0 Å². The molecule has 0 spiro atoms. The molecule has 7 heteroatoms. The molecule has 2 aromatic carbocycles. The summed E-state index contributed by atoms with van der Waals surface area (Å²) in [6.45, 7) is 4.21. The van der Waals surface area contributed by atoms with Gasteiger partial charge in [0, 0.05) is 11.6 Å². The molecule has 0 aliphatic carbocycles. The molecule has 4 rings (SSSR count). The Bertz CT molecular complexity index is 1210. The first-order chi connectivity index (χ1) is 13.5. The minimum absolute atomic E-state index is 0.118. The van der Waals surface area contributed by atoms with E-state index in [1.54, 1.807) is 24.3 Å². The van der Waals surface area contributed by atoms with Crippen LogP contribution in [-0.4, -0.2) is 16.2 Å². The number of nitrogens with zero attached hydrogens (tertiary/aromatic N) is 2. The van der Waals surface area contributed by atoms with Crippen LogP contribution in [0, 0.1) is 0 Å². The summed E-state index contributed by atoms with van der Waals surface area (Å²) in [6, 6.07) is 15.6. The van der Waals surface area contributed by atoms with Gasteiger partial charge in [0.25, 0.3) is 5.91 Å². The Balaban J connectivity index is 1.63. The van der Waals surface area contributed by atoms with Crippen LogP contribution in [0.2, 0.25) is 0 Å². The van der Waals surface area contributed by atoms with Gasteiger partial charge in [0.2, 0.25) is 5.82 Å². The fourth-order valence-electron chi connectivity index (χ4n) is 2.87. The molecule has 2 heterocycles. The molecule has 0 radical (unpaired) electrons. The maximum Gasteiger partial charge on any atom is 0.292 e. The Morgan fingerprint density at radius 1 is 1.04 bits per heavy atom. The van der Waals surface area contributed by atoms with Gasteiger partial charge in [-0.15, -0.1) is 0 Å². The van der Waals surface area contributed by atoms with Crippen molar-refractivity contribution in [3.05, 3.63) is 76.1 Å². The third kappa shape index (κ3) is 3.29. The third-order valence-corrected chi connectivity index (χ3v) is 4.43. The first kappa shape index (κ1) is 17.7. The molecule has 7 nitrogen and oxygen atoms in total. The Labute approximate surface area is 160 Å². The number of hydrogen-bond donors (Lipinski definition) is 1. The van der Waals surface area contributed by atoms with Crippen molar-refractivity contribution in [2.24, 2.45) is 0 Å². The molecule has 0 bridgehead atoms. The molecule has 0 saturated heterocycles. The van der Waals surface area contributed by atoms with Gasteiger partial charge in [-0.25, -0.2) is 4.63 Å². The summed E-state index contributed by atoms with van der Waals surface area (Å²) in [5.74, 6) is -0.177. The number of aromatic nitrogens is 2. The van der Waals surface area contributed by atoms with E-state index in [9.17, 15) is 9.59 Å². The number of benzene rings is 2. The Morgan fingerprint density at radius 3 is 2.54 bits per heavy atom. The highest BCUT2D eigenvalue weighted by atomic mass is 16.6. The molecule has 1 N–H and O–H groups in total. The standard InChI is InChI=1S/C21H17N3O4/c1-12(2)13-7-9-14(10-8-13)19-20(24-28-23-19)22-21(26)18-11-16(25)15-5-3-4-6-17(15)27-18/h3-12H,1-2H3,(H,22,24,26). The third-order valence-electron chi connectivity index (χ3n) is 4.43. The molecule has 0 fully saturated rings. The molecule has 0 unspecified atom stereocenters. The van der Waals surface area contributed by atoms with Crippen LogP contribution >= 0.6 is 0 Å². The van der Waals surface area contributed by atoms with E-state index in [0.717, 1.165) is 11.6 Å². The van der Waals surface area contributed by atoms with E-state index in [-0.39, 0.29) is 17.0 Å². The summed E-state index contributed by atoms with van der Waals surface area (Å²) in [6.07, 6.45) is 0. The number of nitrogens with one attached hydrogen (secondary N) is 1. The lowest BCUT2D eigenvalue weighted by molar-refractivity contribution is 0.0996. The number of rotatable bonds is 4. The predicted molar refractivity (Wildman–Crippen MR) is 104 cm³/mol. The van der Waals surface area contributed by atoms with Crippen LogP contribution in [0.3, 0.4) is 0 Å². The van der Waals surface area contributed by atoms with Crippen molar-refractivity contribution in [3.8, 4) is 11.3 Å². The zero-order valence-corrected chi connectivity index (χ0v) is 15.3. The maximum absolute atomic E-state index is 12.6. The lowest BCUT2D eigenvalue weighted by Gasteiger charge is -2.06.